The van der Waals surface area contributed by atoms with Crippen LogP contribution in [0, 0.1) is 0 Å². The van der Waals surface area contributed by atoms with Gasteiger partial charge < -0.3 is 25.5 Å². The molecule has 5 N–H and O–H groups in total. The Hall–Kier alpha value is -2.65. The topological polar surface area (TPSA) is 125 Å². The lowest BCUT2D eigenvalue weighted by atomic mass is 10.1. The number of hydrogen-bond acceptors (Lipinski definition) is 7. The molecule has 2 aromatic rings. The molecule has 152 valence electrons. The smallest absolute Gasteiger partial charge is 0.317 e. The van der Waals surface area contributed by atoms with Crippen molar-refractivity contribution in [2.45, 2.75) is 19.4 Å². The van der Waals surface area contributed by atoms with Crippen molar-refractivity contribution in [2.75, 3.05) is 26.2 Å². The minimum Gasteiger partial charge on any atom is -0.508 e. The van der Waals surface area contributed by atoms with Crippen LogP contribution in [-0.2, 0) is 17.9 Å². The van der Waals surface area contributed by atoms with Gasteiger partial charge in [-0.1, -0.05) is 36.4 Å². The molecule has 0 fully saturated rings. The molecule has 0 bridgehead atoms. The molecule has 0 saturated carbocycles. The number of aromatic hydroxyl groups is 2. The van der Waals surface area contributed by atoms with E-state index in [1.54, 1.807) is 58.3 Å². The first-order valence-corrected chi connectivity index (χ1v) is 8.91. The summed E-state index contributed by atoms with van der Waals surface area (Å²) >= 11 is 0. The van der Waals surface area contributed by atoms with E-state index in [2.05, 4.69) is 0 Å². The highest BCUT2D eigenvalue weighted by atomic mass is 16.5. The zero-order valence-electron chi connectivity index (χ0n) is 15.5. The molecule has 0 aromatic heterocycles. The van der Waals surface area contributed by atoms with E-state index in [1.807, 2.05) is 0 Å². The van der Waals surface area contributed by atoms with Gasteiger partial charge in [-0.3, -0.25) is 14.6 Å². The van der Waals surface area contributed by atoms with Crippen LogP contribution in [0.1, 0.15) is 11.1 Å². The first-order chi connectivity index (χ1) is 13.3. The summed E-state index contributed by atoms with van der Waals surface area (Å²) in [5.74, 6) is -0.795. The second kappa shape index (κ2) is 10.6. The Morgan fingerprint density at radius 2 is 1.29 bits per heavy atom. The summed E-state index contributed by atoms with van der Waals surface area (Å²) < 4.78 is 0. The zero-order valence-corrected chi connectivity index (χ0v) is 15.5. The van der Waals surface area contributed by atoms with Gasteiger partial charge in [-0.05, 0) is 12.1 Å². The highest BCUT2D eigenvalue weighted by Gasteiger charge is 2.17. The minimum atomic E-state index is -1.56. The van der Waals surface area contributed by atoms with Crippen LogP contribution in [-0.4, -0.2) is 73.8 Å². The SMILES string of the molecule is O=C(O)CN(CCN(Cc1ccccc1O)CC(O)O)Cc1ccccc1O. The Balaban J connectivity index is 2.06. The van der Waals surface area contributed by atoms with Crippen molar-refractivity contribution in [3.05, 3.63) is 59.7 Å². The first kappa shape index (κ1) is 21.6. The fraction of sp³-hybridized carbons (Fsp3) is 0.350. The molecule has 8 heteroatoms. The van der Waals surface area contributed by atoms with Crippen molar-refractivity contribution in [1.29, 1.82) is 0 Å². The average molecular weight is 390 g/mol. The Morgan fingerprint density at radius 3 is 1.75 bits per heavy atom. The summed E-state index contributed by atoms with van der Waals surface area (Å²) in [5, 5.41) is 47.8. The molecule has 2 rings (SSSR count). The number of para-hydroxylation sites is 2. The summed E-state index contributed by atoms with van der Waals surface area (Å²) in [7, 11) is 0. The number of carboxylic acids is 1. The average Bonchev–Trinajstić information content (AvgIpc) is 2.62. The van der Waals surface area contributed by atoms with Crippen molar-refractivity contribution < 1.29 is 30.3 Å². The predicted molar refractivity (Wildman–Crippen MR) is 103 cm³/mol. The predicted octanol–water partition coefficient (Wildman–Crippen LogP) is 0.797. The van der Waals surface area contributed by atoms with Gasteiger partial charge in [-0.2, -0.15) is 0 Å². The van der Waals surface area contributed by atoms with Crippen LogP contribution in [0.25, 0.3) is 0 Å². The Bertz CT molecular complexity index is 768. The van der Waals surface area contributed by atoms with Crippen LogP contribution in [0.5, 0.6) is 11.5 Å². The Labute approximate surface area is 163 Å². The molecule has 0 spiro atoms. The molecule has 28 heavy (non-hydrogen) atoms. The second-order valence-electron chi connectivity index (χ2n) is 6.58. The molecule has 0 saturated heterocycles. The van der Waals surface area contributed by atoms with Gasteiger partial charge in [0, 0.05) is 43.9 Å². The van der Waals surface area contributed by atoms with E-state index in [1.165, 1.54) is 0 Å². The Morgan fingerprint density at radius 1 is 0.821 bits per heavy atom. The number of phenols is 2. The van der Waals surface area contributed by atoms with E-state index < -0.39 is 12.3 Å². The molecule has 0 amide bonds. The van der Waals surface area contributed by atoms with Crippen LogP contribution < -0.4 is 0 Å². The molecule has 0 aliphatic rings. The van der Waals surface area contributed by atoms with Gasteiger partial charge in [0.2, 0.25) is 0 Å². The molecular formula is C20H26N2O6. The number of phenolic OH excluding ortho intramolecular Hbond substituents is 2. The van der Waals surface area contributed by atoms with Crippen LogP contribution in [0.15, 0.2) is 48.5 Å². The summed E-state index contributed by atoms with van der Waals surface area (Å²) in [6.45, 7) is 0.910. The lowest BCUT2D eigenvalue weighted by Gasteiger charge is -2.27. The van der Waals surface area contributed by atoms with E-state index in [0.717, 1.165) is 0 Å². The number of aliphatic carboxylic acids is 1. The number of carboxylic acid groups (broad SMARTS) is 1. The fourth-order valence-corrected chi connectivity index (χ4v) is 2.92. The van der Waals surface area contributed by atoms with Crippen molar-refractivity contribution in [1.82, 2.24) is 9.80 Å². The quantitative estimate of drug-likeness (QED) is 0.357. The van der Waals surface area contributed by atoms with E-state index in [-0.39, 0.29) is 37.7 Å². The number of carbonyl (C=O) groups is 1. The highest BCUT2D eigenvalue weighted by Crippen LogP contribution is 2.19. The van der Waals surface area contributed by atoms with Crippen molar-refractivity contribution in [3.63, 3.8) is 0 Å². The van der Waals surface area contributed by atoms with E-state index in [9.17, 15) is 30.3 Å². The monoisotopic (exact) mass is 390 g/mol. The number of rotatable bonds is 11. The lowest BCUT2D eigenvalue weighted by molar-refractivity contribution is -0.138. The third-order valence-corrected chi connectivity index (χ3v) is 4.28. The van der Waals surface area contributed by atoms with Gasteiger partial charge in [0.25, 0.3) is 0 Å². The minimum absolute atomic E-state index is 0.0498. The maximum atomic E-state index is 11.2. The molecule has 0 atom stereocenters. The molecule has 0 radical (unpaired) electrons. The molecule has 0 aliphatic carbocycles. The maximum absolute atomic E-state index is 11.2. The van der Waals surface area contributed by atoms with Gasteiger partial charge in [-0.15, -0.1) is 0 Å². The van der Waals surface area contributed by atoms with Crippen LogP contribution in [0.3, 0.4) is 0 Å². The summed E-state index contributed by atoms with van der Waals surface area (Å²) in [4.78, 5) is 14.6. The molecular weight excluding hydrogens is 364 g/mol. The molecule has 2 aromatic carbocycles. The molecule has 0 heterocycles. The first-order valence-electron chi connectivity index (χ1n) is 8.91. The number of hydrogen-bond donors (Lipinski definition) is 5. The largest absolute Gasteiger partial charge is 0.508 e. The Kier molecular flexibility index (Phi) is 8.21. The van der Waals surface area contributed by atoms with Crippen molar-refractivity contribution in [2.24, 2.45) is 0 Å². The lowest BCUT2D eigenvalue weighted by Crippen LogP contribution is -2.40. The van der Waals surface area contributed by atoms with Crippen molar-refractivity contribution >= 4 is 5.97 Å². The molecule has 8 nitrogen and oxygen atoms in total. The maximum Gasteiger partial charge on any atom is 0.317 e. The standard InChI is InChI=1S/C20H26N2O6/c23-17-7-3-1-5-15(17)11-21(13-19(25)26)9-10-22(14-20(27)28)12-16-6-2-4-8-18(16)24/h1-8,19,23-26H,9-14H2,(H,27,28). The second-order valence-corrected chi connectivity index (χ2v) is 6.58. The van der Waals surface area contributed by atoms with Crippen LogP contribution in [0.2, 0.25) is 0 Å². The summed E-state index contributed by atoms with van der Waals surface area (Å²) in [6.07, 6.45) is -1.56. The van der Waals surface area contributed by atoms with Crippen molar-refractivity contribution in [3.8, 4) is 11.5 Å². The zero-order chi connectivity index (χ0) is 20.5. The van der Waals surface area contributed by atoms with E-state index in [0.29, 0.717) is 24.2 Å². The molecule has 0 aliphatic heterocycles. The van der Waals surface area contributed by atoms with Gasteiger partial charge in [0.1, 0.15) is 11.5 Å². The highest BCUT2D eigenvalue weighted by molar-refractivity contribution is 5.69. The number of aliphatic hydroxyl groups is 2. The van der Waals surface area contributed by atoms with Gasteiger partial charge >= 0.3 is 5.97 Å². The van der Waals surface area contributed by atoms with Gasteiger partial charge in [-0.25, -0.2) is 0 Å². The van der Waals surface area contributed by atoms with Gasteiger partial charge in [0.05, 0.1) is 6.54 Å². The number of nitrogens with zero attached hydrogens (tertiary/aromatic N) is 2. The third kappa shape index (κ3) is 7.16. The van der Waals surface area contributed by atoms with Gasteiger partial charge in [0.15, 0.2) is 6.29 Å². The van der Waals surface area contributed by atoms with Crippen LogP contribution >= 0.6 is 0 Å². The summed E-state index contributed by atoms with van der Waals surface area (Å²) in [6, 6.07) is 13.5. The summed E-state index contributed by atoms with van der Waals surface area (Å²) in [5.41, 5.74) is 1.24. The number of aliphatic hydroxyl groups excluding tert-OH is 1. The van der Waals surface area contributed by atoms with E-state index >= 15 is 0 Å². The third-order valence-electron chi connectivity index (χ3n) is 4.28. The molecule has 0 unspecified atom stereocenters. The number of benzene rings is 2. The fourth-order valence-electron chi connectivity index (χ4n) is 2.92. The van der Waals surface area contributed by atoms with E-state index in [4.69, 9.17) is 0 Å². The van der Waals surface area contributed by atoms with Crippen LogP contribution in [0.4, 0.5) is 0 Å². The normalized spacial score (nSPS) is 11.5.